The maximum absolute atomic E-state index is 9.78. The first kappa shape index (κ1) is 12.0. The monoisotopic (exact) mass is 246 g/mol. The summed E-state index contributed by atoms with van der Waals surface area (Å²) in [6.45, 7) is 3.03. The van der Waals surface area contributed by atoms with E-state index in [0.717, 1.165) is 31.6 Å². The molecule has 2 aliphatic rings. The molecule has 1 aliphatic carbocycles. The zero-order valence-electron chi connectivity index (χ0n) is 11.1. The number of ether oxygens (including phenoxy) is 1. The Morgan fingerprint density at radius 1 is 1.33 bits per heavy atom. The van der Waals surface area contributed by atoms with Crippen LogP contribution in [0.4, 0.5) is 0 Å². The lowest BCUT2D eigenvalue weighted by Crippen LogP contribution is -2.15. The van der Waals surface area contributed by atoms with Crippen LogP contribution in [0.3, 0.4) is 0 Å². The van der Waals surface area contributed by atoms with Gasteiger partial charge >= 0.3 is 0 Å². The van der Waals surface area contributed by atoms with E-state index in [2.05, 4.69) is 25.1 Å². The zero-order chi connectivity index (χ0) is 12.5. The Bertz CT molecular complexity index is 427. The Kier molecular flexibility index (Phi) is 3.29. The van der Waals surface area contributed by atoms with E-state index in [9.17, 15) is 5.11 Å². The first-order chi connectivity index (χ1) is 8.74. The van der Waals surface area contributed by atoms with E-state index >= 15 is 0 Å². The van der Waals surface area contributed by atoms with Crippen molar-refractivity contribution >= 4 is 0 Å². The van der Waals surface area contributed by atoms with Gasteiger partial charge in [-0.15, -0.1) is 0 Å². The lowest BCUT2D eigenvalue weighted by atomic mass is 9.90. The largest absolute Gasteiger partial charge is 0.493 e. The number of rotatable bonds is 3. The molecule has 0 amide bonds. The number of aryl methyl sites for hydroxylation is 1. The second-order valence-electron chi connectivity index (χ2n) is 5.84. The first-order valence-electron chi connectivity index (χ1n) is 7.16. The van der Waals surface area contributed by atoms with E-state index in [1.165, 1.54) is 24.0 Å². The van der Waals surface area contributed by atoms with Crippen molar-refractivity contribution in [1.29, 1.82) is 0 Å². The van der Waals surface area contributed by atoms with Crippen LogP contribution in [-0.4, -0.2) is 17.8 Å². The number of hydrogen-bond acceptors (Lipinski definition) is 2. The van der Waals surface area contributed by atoms with E-state index in [-0.39, 0.29) is 6.10 Å². The minimum atomic E-state index is -0.0663. The van der Waals surface area contributed by atoms with E-state index < -0.39 is 0 Å². The fourth-order valence-corrected chi connectivity index (χ4v) is 3.38. The van der Waals surface area contributed by atoms with Crippen LogP contribution in [0.1, 0.15) is 37.3 Å². The van der Waals surface area contributed by atoms with Crippen molar-refractivity contribution in [3.63, 3.8) is 0 Å². The summed E-state index contributed by atoms with van der Waals surface area (Å²) in [4.78, 5) is 0. The molecule has 0 saturated heterocycles. The van der Waals surface area contributed by atoms with Crippen molar-refractivity contribution in [2.75, 3.05) is 6.61 Å². The van der Waals surface area contributed by atoms with Crippen LogP contribution in [0.5, 0.6) is 5.75 Å². The molecule has 1 aromatic rings. The number of hydrogen-bond donors (Lipinski definition) is 1. The van der Waals surface area contributed by atoms with Crippen LogP contribution in [0.2, 0.25) is 0 Å². The third-order valence-corrected chi connectivity index (χ3v) is 4.74. The third kappa shape index (κ3) is 2.26. The summed E-state index contributed by atoms with van der Waals surface area (Å²) in [6, 6.07) is 6.61. The van der Waals surface area contributed by atoms with Gasteiger partial charge in [0.15, 0.2) is 0 Å². The number of aliphatic hydroxyl groups is 1. The molecule has 1 fully saturated rings. The van der Waals surface area contributed by atoms with Gasteiger partial charge in [-0.1, -0.05) is 19.1 Å². The van der Waals surface area contributed by atoms with Crippen molar-refractivity contribution in [3.05, 3.63) is 29.3 Å². The second kappa shape index (κ2) is 4.93. The molecule has 3 rings (SSSR count). The topological polar surface area (TPSA) is 29.5 Å². The Balaban J connectivity index is 1.60. The third-order valence-electron chi connectivity index (χ3n) is 4.74. The number of fused-ring (bicyclic) bond motifs is 1. The number of aliphatic hydroxyl groups excluding tert-OH is 1. The van der Waals surface area contributed by atoms with Gasteiger partial charge in [0.2, 0.25) is 0 Å². The summed E-state index contributed by atoms with van der Waals surface area (Å²) in [5.41, 5.74) is 2.79. The van der Waals surface area contributed by atoms with Gasteiger partial charge in [-0.05, 0) is 54.7 Å². The molecule has 1 aromatic carbocycles. The van der Waals surface area contributed by atoms with Crippen LogP contribution in [0.15, 0.2) is 18.2 Å². The summed E-state index contributed by atoms with van der Waals surface area (Å²) in [5, 5.41) is 9.78. The van der Waals surface area contributed by atoms with Gasteiger partial charge in [0, 0.05) is 6.42 Å². The molecule has 0 spiro atoms. The highest BCUT2D eigenvalue weighted by Gasteiger charge is 2.30. The summed E-state index contributed by atoms with van der Waals surface area (Å²) >= 11 is 0. The summed E-state index contributed by atoms with van der Waals surface area (Å²) < 4.78 is 5.53. The minimum absolute atomic E-state index is 0.0663. The highest BCUT2D eigenvalue weighted by molar-refractivity contribution is 5.39. The van der Waals surface area contributed by atoms with Gasteiger partial charge in [0.05, 0.1) is 12.7 Å². The van der Waals surface area contributed by atoms with Crippen molar-refractivity contribution in [2.45, 2.75) is 45.1 Å². The predicted octanol–water partition coefficient (Wildman–Crippen LogP) is 2.96. The van der Waals surface area contributed by atoms with Crippen molar-refractivity contribution in [3.8, 4) is 5.75 Å². The van der Waals surface area contributed by atoms with Gasteiger partial charge in [0.1, 0.15) is 5.75 Å². The number of benzene rings is 1. The molecule has 2 heteroatoms. The van der Waals surface area contributed by atoms with E-state index in [1.807, 2.05) is 0 Å². The van der Waals surface area contributed by atoms with Gasteiger partial charge in [0.25, 0.3) is 0 Å². The molecule has 98 valence electrons. The van der Waals surface area contributed by atoms with E-state index in [4.69, 9.17) is 4.74 Å². The Labute approximate surface area is 109 Å². The molecule has 1 aliphatic heterocycles. The molecular weight excluding hydrogens is 224 g/mol. The SMILES string of the molecule is CC1C(O)CCC1CCc1ccc2c(c1)CCO2. The predicted molar refractivity (Wildman–Crippen MR) is 71.9 cm³/mol. The highest BCUT2D eigenvalue weighted by atomic mass is 16.5. The molecule has 1 N–H and O–H groups in total. The van der Waals surface area contributed by atoms with Crippen LogP contribution in [-0.2, 0) is 12.8 Å². The molecule has 3 unspecified atom stereocenters. The average molecular weight is 246 g/mol. The summed E-state index contributed by atoms with van der Waals surface area (Å²) in [5.74, 6) is 2.25. The minimum Gasteiger partial charge on any atom is -0.493 e. The van der Waals surface area contributed by atoms with E-state index in [0.29, 0.717) is 11.8 Å². The lowest BCUT2D eigenvalue weighted by molar-refractivity contribution is 0.126. The first-order valence-corrected chi connectivity index (χ1v) is 7.16. The fraction of sp³-hybridized carbons (Fsp3) is 0.625. The van der Waals surface area contributed by atoms with E-state index in [1.54, 1.807) is 0 Å². The average Bonchev–Trinajstić information content (AvgIpc) is 2.96. The van der Waals surface area contributed by atoms with Crippen LogP contribution in [0.25, 0.3) is 0 Å². The second-order valence-corrected chi connectivity index (χ2v) is 5.84. The molecule has 0 aromatic heterocycles. The molecular formula is C16H22O2. The van der Waals surface area contributed by atoms with Crippen molar-refractivity contribution in [2.24, 2.45) is 11.8 Å². The lowest BCUT2D eigenvalue weighted by Gasteiger charge is -2.17. The molecule has 2 nitrogen and oxygen atoms in total. The Morgan fingerprint density at radius 2 is 2.22 bits per heavy atom. The normalized spacial score (nSPS) is 30.2. The quantitative estimate of drug-likeness (QED) is 0.888. The molecule has 0 bridgehead atoms. The maximum Gasteiger partial charge on any atom is 0.122 e. The highest BCUT2D eigenvalue weighted by Crippen LogP contribution is 2.35. The van der Waals surface area contributed by atoms with Gasteiger partial charge in [-0.2, -0.15) is 0 Å². The van der Waals surface area contributed by atoms with Crippen molar-refractivity contribution in [1.82, 2.24) is 0 Å². The van der Waals surface area contributed by atoms with Gasteiger partial charge in [-0.3, -0.25) is 0 Å². The molecule has 3 atom stereocenters. The van der Waals surface area contributed by atoms with Gasteiger partial charge < -0.3 is 9.84 Å². The molecule has 1 saturated carbocycles. The Morgan fingerprint density at radius 3 is 3.00 bits per heavy atom. The maximum atomic E-state index is 9.78. The standard InChI is InChI=1S/C16H22O2/c1-11-13(5-6-15(11)17)4-2-12-3-7-16-14(10-12)8-9-18-16/h3,7,10-11,13,15,17H,2,4-6,8-9H2,1H3. The summed E-state index contributed by atoms with van der Waals surface area (Å²) in [6.07, 6.45) is 5.51. The summed E-state index contributed by atoms with van der Waals surface area (Å²) in [7, 11) is 0. The zero-order valence-corrected chi connectivity index (χ0v) is 11.1. The smallest absolute Gasteiger partial charge is 0.122 e. The van der Waals surface area contributed by atoms with Crippen LogP contribution >= 0.6 is 0 Å². The Hall–Kier alpha value is -1.02. The fourth-order valence-electron chi connectivity index (χ4n) is 3.38. The molecule has 0 radical (unpaired) electrons. The molecule has 1 heterocycles. The van der Waals surface area contributed by atoms with Crippen LogP contribution in [0, 0.1) is 11.8 Å². The van der Waals surface area contributed by atoms with Crippen molar-refractivity contribution < 1.29 is 9.84 Å². The van der Waals surface area contributed by atoms with Gasteiger partial charge in [-0.25, -0.2) is 0 Å². The molecule has 18 heavy (non-hydrogen) atoms. The van der Waals surface area contributed by atoms with Crippen LogP contribution < -0.4 is 4.74 Å².